The number of hydrogen-bond acceptors (Lipinski definition) is 1. The van der Waals surface area contributed by atoms with E-state index < -0.39 is 5.60 Å². The van der Waals surface area contributed by atoms with Crippen molar-refractivity contribution in [3.63, 3.8) is 0 Å². The Balaban J connectivity index is 2.32. The van der Waals surface area contributed by atoms with Crippen LogP contribution in [0.4, 0.5) is 0 Å². The van der Waals surface area contributed by atoms with E-state index in [4.69, 9.17) is 0 Å². The molecule has 2 aliphatic rings. The van der Waals surface area contributed by atoms with Gasteiger partial charge in [0.25, 0.3) is 0 Å². The molecular weight excluding hydrogens is 196 g/mol. The van der Waals surface area contributed by atoms with Crippen molar-refractivity contribution in [2.24, 2.45) is 29.1 Å². The molecule has 0 heterocycles. The van der Waals surface area contributed by atoms with Crippen LogP contribution >= 0.6 is 0 Å². The molecule has 0 saturated heterocycles. The van der Waals surface area contributed by atoms with E-state index in [1.807, 2.05) is 6.92 Å². The zero-order valence-electron chi connectivity index (χ0n) is 11.6. The summed E-state index contributed by atoms with van der Waals surface area (Å²) in [5, 5.41) is 10.6. The molecule has 94 valence electrons. The van der Waals surface area contributed by atoms with E-state index in [9.17, 15) is 5.11 Å². The molecular formula is C15H28O. The van der Waals surface area contributed by atoms with Gasteiger partial charge in [0.1, 0.15) is 0 Å². The van der Waals surface area contributed by atoms with Gasteiger partial charge in [0.15, 0.2) is 0 Å². The Morgan fingerprint density at radius 1 is 1.00 bits per heavy atom. The van der Waals surface area contributed by atoms with Gasteiger partial charge in [0.05, 0.1) is 5.60 Å². The minimum absolute atomic E-state index is 0.287. The van der Waals surface area contributed by atoms with Crippen molar-refractivity contribution in [3.8, 4) is 0 Å². The highest BCUT2D eigenvalue weighted by Gasteiger charge is 2.51. The fraction of sp³-hybridized carbons (Fsp3) is 1.00. The minimum atomic E-state index is -0.465. The number of fused-ring (bicyclic) bond motifs is 1. The summed E-state index contributed by atoms with van der Waals surface area (Å²) in [6.45, 7) is 11.5. The van der Waals surface area contributed by atoms with Crippen LogP contribution in [0.25, 0.3) is 0 Å². The van der Waals surface area contributed by atoms with Crippen molar-refractivity contribution in [3.05, 3.63) is 0 Å². The van der Waals surface area contributed by atoms with Crippen LogP contribution in [0.1, 0.15) is 60.3 Å². The van der Waals surface area contributed by atoms with Crippen molar-refractivity contribution >= 4 is 0 Å². The maximum Gasteiger partial charge on any atom is 0.0650 e. The van der Waals surface area contributed by atoms with Gasteiger partial charge < -0.3 is 5.11 Å². The van der Waals surface area contributed by atoms with Gasteiger partial charge in [-0.15, -0.1) is 0 Å². The fourth-order valence-electron chi connectivity index (χ4n) is 4.47. The third-order valence-corrected chi connectivity index (χ3v) is 6.17. The van der Waals surface area contributed by atoms with Gasteiger partial charge in [0.2, 0.25) is 0 Å². The second kappa shape index (κ2) is 3.73. The largest absolute Gasteiger partial charge is 0.390 e. The summed E-state index contributed by atoms with van der Waals surface area (Å²) in [5.74, 6) is 2.95. The minimum Gasteiger partial charge on any atom is -0.390 e. The van der Waals surface area contributed by atoms with E-state index in [-0.39, 0.29) is 5.41 Å². The van der Waals surface area contributed by atoms with E-state index >= 15 is 0 Å². The van der Waals surface area contributed by atoms with Crippen molar-refractivity contribution in [1.82, 2.24) is 0 Å². The Labute approximate surface area is 101 Å². The summed E-state index contributed by atoms with van der Waals surface area (Å²) >= 11 is 0. The second-order valence-electron chi connectivity index (χ2n) is 7.26. The van der Waals surface area contributed by atoms with Gasteiger partial charge in [-0.05, 0) is 55.3 Å². The summed E-state index contributed by atoms with van der Waals surface area (Å²) in [7, 11) is 0. The van der Waals surface area contributed by atoms with Crippen molar-refractivity contribution in [2.45, 2.75) is 65.9 Å². The number of rotatable bonds is 0. The Hall–Kier alpha value is -0.0400. The molecule has 0 aromatic rings. The first kappa shape index (κ1) is 12.4. The van der Waals surface area contributed by atoms with Crippen LogP contribution in [0, 0.1) is 29.1 Å². The normalized spacial score (nSPS) is 52.1. The molecule has 2 fully saturated rings. The molecule has 2 aliphatic carbocycles. The average molecular weight is 224 g/mol. The van der Waals surface area contributed by atoms with Crippen LogP contribution in [0.3, 0.4) is 0 Å². The number of aliphatic hydroxyl groups is 1. The van der Waals surface area contributed by atoms with Crippen LogP contribution in [-0.4, -0.2) is 10.7 Å². The van der Waals surface area contributed by atoms with Crippen molar-refractivity contribution in [1.29, 1.82) is 0 Å². The van der Waals surface area contributed by atoms with Crippen molar-refractivity contribution in [2.75, 3.05) is 0 Å². The lowest BCUT2D eigenvalue weighted by atomic mass is 9.63. The molecule has 2 saturated carbocycles. The predicted octanol–water partition coefficient (Wildman–Crippen LogP) is 3.86. The topological polar surface area (TPSA) is 20.2 Å². The Kier molecular flexibility index (Phi) is 2.89. The van der Waals surface area contributed by atoms with Gasteiger partial charge in [-0.1, -0.05) is 34.1 Å². The lowest BCUT2D eigenvalue weighted by Crippen LogP contribution is -2.43. The third-order valence-electron chi connectivity index (χ3n) is 6.17. The summed E-state index contributed by atoms with van der Waals surface area (Å²) in [6, 6.07) is 0. The maximum atomic E-state index is 10.6. The zero-order valence-corrected chi connectivity index (χ0v) is 11.6. The first-order valence-electron chi connectivity index (χ1n) is 6.99. The zero-order chi connectivity index (χ0) is 12.1. The third kappa shape index (κ3) is 1.72. The SMILES string of the molecule is C[C@@H]1CCC2C1CC[C@@](C)(O)[C@H](C)C2(C)C. The van der Waals surface area contributed by atoms with Gasteiger partial charge >= 0.3 is 0 Å². The molecule has 0 aromatic heterocycles. The maximum absolute atomic E-state index is 10.6. The first-order valence-corrected chi connectivity index (χ1v) is 6.99. The van der Waals surface area contributed by atoms with E-state index in [0.29, 0.717) is 5.92 Å². The monoisotopic (exact) mass is 224 g/mol. The Bertz CT molecular complexity index is 267. The molecule has 2 rings (SSSR count). The highest BCUT2D eigenvalue weighted by atomic mass is 16.3. The van der Waals surface area contributed by atoms with Crippen LogP contribution in [-0.2, 0) is 0 Å². The number of hydrogen-bond donors (Lipinski definition) is 1. The lowest BCUT2D eigenvalue weighted by molar-refractivity contribution is -0.0553. The molecule has 1 heteroatoms. The molecule has 0 aliphatic heterocycles. The molecule has 2 unspecified atom stereocenters. The quantitative estimate of drug-likeness (QED) is 0.662. The summed E-state index contributed by atoms with van der Waals surface area (Å²) in [4.78, 5) is 0. The standard InChI is InChI=1S/C15H28O/c1-10-6-7-13-12(10)8-9-15(5,16)11(2)14(13,3)4/h10-13,16H,6-9H2,1-5H3/t10-,11-,12?,13?,15-/m1/s1. The van der Waals surface area contributed by atoms with Gasteiger partial charge in [-0.3, -0.25) is 0 Å². The predicted molar refractivity (Wildman–Crippen MR) is 68.2 cm³/mol. The van der Waals surface area contributed by atoms with E-state index in [1.54, 1.807) is 0 Å². The molecule has 16 heavy (non-hydrogen) atoms. The molecule has 1 N–H and O–H groups in total. The van der Waals surface area contributed by atoms with E-state index in [2.05, 4.69) is 27.7 Å². The van der Waals surface area contributed by atoms with Crippen molar-refractivity contribution < 1.29 is 5.11 Å². The van der Waals surface area contributed by atoms with Gasteiger partial charge in [-0.2, -0.15) is 0 Å². The van der Waals surface area contributed by atoms with Crippen LogP contribution in [0.5, 0.6) is 0 Å². The smallest absolute Gasteiger partial charge is 0.0650 e. The molecule has 1 nitrogen and oxygen atoms in total. The molecule has 0 spiro atoms. The molecule has 0 bridgehead atoms. The molecule has 0 amide bonds. The molecule has 5 atom stereocenters. The van der Waals surface area contributed by atoms with E-state index in [0.717, 1.165) is 24.2 Å². The van der Waals surface area contributed by atoms with Crippen LogP contribution in [0.15, 0.2) is 0 Å². The van der Waals surface area contributed by atoms with E-state index in [1.165, 1.54) is 19.3 Å². The summed E-state index contributed by atoms with van der Waals surface area (Å²) in [6.07, 6.45) is 4.99. The first-order chi connectivity index (χ1) is 7.27. The molecule has 0 aromatic carbocycles. The Morgan fingerprint density at radius 2 is 1.62 bits per heavy atom. The summed E-state index contributed by atoms with van der Waals surface area (Å²) in [5.41, 5.74) is -0.178. The Morgan fingerprint density at radius 3 is 2.25 bits per heavy atom. The highest BCUT2D eigenvalue weighted by Crippen LogP contribution is 2.56. The average Bonchev–Trinajstić information content (AvgIpc) is 2.53. The van der Waals surface area contributed by atoms with Crippen LogP contribution in [0.2, 0.25) is 0 Å². The lowest BCUT2D eigenvalue weighted by Gasteiger charge is -2.43. The molecule has 0 radical (unpaired) electrons. The van der Waals surface area contributed by atoms with Gasteiger partial charge in [-0.25, -0.2) is 0 Å². The van der Waals surface area contributed by atoms with Gasteiger partial charge in [0, 0.05) is 0 Å². The second-order valence-corrected chi connectivity index (χ2v) is 7.26. The van der Waals surface area contributed by atoms with Crippen LogP contribution < -0.4 is 0 Å². The fourth-order valence-corrected chi connectivity index (χ4v) is 4.47. The summed E-state index contributed by atoms with van der Waals surface area (Å²) < 4.78 is 0. The highest BCUT2D eigenvalue weighted by molar-refractivity contribution is 5.01.